The van der Waals surface area contributed by atoms with E-state index in [1.54, 1.807) is 0 Å². The van der Waals surface area contributed by atoms with E-state index in [2.05, 4.69) is 4.90 Å². The Hall–Kier alpha value is -0.0800. The summed E-state index contributed by atoms with van der Waals surface area (Å²) in [5.41, 5.74) is 0. The smallest absolute Gasteiger partial charge is 0.0555 e. The van der Waals surface area contributed by atoms with Crippen LogP contribution in [-0.4, -0.2) is 34.7 Å². The molecule has 2 aliphatic carbocycles. The molecule has 17 heavy (non-hydrogen) atoms. The first kappa shape index (κ1) is 12.0. The lowest BCUT2D eigenvalue weighted by atomic mass is 9.89. The van der Waals surface area contributed by atoms with E-state index in [4.69, 9.17) is 0 Å². The average molecular weight is 237 g/mol. The maximum Gasteiger partial charge on any atom is 0.0555 e. The third kappa shape index (κ3) is 2.53. The normalized spacial score (nSPS) is 41.1. The van der Waals surface area contributed by atoms with Crippen LogP contribution in [0, 0.1) is 5.92 Å². The predicted octanol–water partition coefficient (Wildman–Crippen LogP) is 2.94. The molecule has 3 rings (SSSR count). The van der Waals surface area contributed by atoms with Crippen molar-refractivity contribution in [2.24, 2.45) is 5.92 Å². The van der Waals surface area contributed by atoms with Gasteiger partial charge in [0.2, 0.25) is 0 Å². The third-order valence-corrected chi connectivity index (χ3v) is 5.37. The lowest BCUT2D eigenvalue weighted by Crippen LogP contribution is -2.45. The Labute approximate surface area is 105 Å². The quantitative estimate of drug-likeness (QED) is 0.798. The molecule has 0 aromatic carbocycles. The molecule has 3 fully saturated rings. The van der Waals surface area contributed by atoms with Crippen molar-refractivity contribution in [2.45, 2.75) is 82.4 Å². The summed E-state index contributed by atoms with van der Waals surface area (Å²) < 4.78 is 0. The number of aliphatic hydroxyl groups is 1. The van der Waals surface area contributed by atoms with Gasteiger partial charge in [0.1, 0.15) is 0 Å². The molecule has 0 aromatic rings. The molecule has 3 atom stereocenters. The van der Waals surface area contributed by atoms with E-state index < -0.39 is 0 Å². The predicted molar refractivity (Wildman–Crippen MR) is 69.9 cm³/mol. The van der Waals surface area contributed by atoms with Crippen molar-refractivity contribution in [3.63, 3.8) is 0 Å². The van der Waals surface area contributed by atoms with Crippen molar-refractivity contribution in [1.82, 2.24) is 4.90 Å². The van der Waals surface area contributed by atoms with E-state index in [0.717, 1.165) is 24.8 Å². The SMILES string of the molecule is OC1CCCC(N2CCCC2C2CCCC2)C1. The summed E-state index contributed by atoms with van der Waals surface area (Å²) >= 11 is 0. The summed E-state index contributed by atoms with van der Waals surface area (Å²) in [6, 6.07) is 1.57. The first-order valence-electron chi connectivity index (χ1n) is 7.78. The second kappa shape index (κ2) is 5.27. The summed E-state index contributed by atoms with van der Waals surface area (Å²) in [7, 11) is 0. The standard InChI is InChI=1S/C15H27NO/c17-14-8-3-7-13(11-14)16-10-4-9-15(16)12-5-1-2-6-12/h12-15,17H,1-11H2. The maximum absolute atomic E-state index is 9.86. The van der Waals surface area contributed by atoms with Crippen LogP contribution in [0.25, 0.3) is 0 Å². The highest BCUT2D eigenvalue weighted by Crippen LogP contribution is 2.38. The molecule has 2 heteroatoms. The highest BCUT2D eigenvalue weighted by molar-refractivity contribution is 4.92. The lowest BCUT2D eigenvalue weighted by Gasteiger charge is -2.39. The van der Waals surface area contributed by atoms with E-state index in [1.807, 2.05) is 0 Å². The first-order valence-corrected chi connectivity index (χ1v) is 7.78. The molecule has 1 aliphatic heterocycles. The summed E-state index contributed by atoms with van der Waals surface area (Å²) in [5, 5.41) is 9.86. The van der Waals surface area contributed by atoms with Crippen LogP contribution in [0.4, 0.5) is 0 Å². The van der Waals surface area contributed by atoms with Crippen LogP contribution >= 0.6 is 0 Å². The second-order valence-corrected chi connectivity index (χ2v) is 6.47. The number of likely N-dealkylation sites (tertiary alicyclic amines) is 1. The Bertz CT molecular complexity index is 249. The van der Waals surface area contributed by atoms with Crippen molar-refractivity contribution in [3.8, 4) is 0 Å². The van der Waals surface area contributed by atoms with Crippen LogP contribution in [-0.2, 0) is 0 Å². The number of hydrogen-bond acceptors (Lipinski definition) is 2. The molecule has 2 nitrogen and oxygen atoms in total. The van der Waals surface area contributed by atoms with Crippen molar-refractivity contribution in [2.75, 3.05) is 6.54 Å². The minimum atomic E-state index is -0.0152. The Balaban J connectivity index is 1.64. The van der Waals surface area contributed by atoms with Crippen LogP contribution in [0.1, 0.15) is 64.2 Å². The van der Waals surface area contributed by atoms with Gasteiger partial charge in [-0.15, -0.1) is 0 Å². The largest absolute Gasteiger partial charge is 0.393 e. The van der Waals surface area contributed by atoms with Gasteiger partial charge in [0, 0.05) is 12.1 Å². The number of rotatable bonds is 2. The van der Waals surface area contributed by atoms with Crippen molar-refractivity contribution < 1.29 is 5.11 Å². The van der Waals surface area contributed by atoms with Crippen LogP contribution in [0.5, 0.6) is 0 Å². The van der Waals surface area contributed by atoms with Gasteiger partial charge in [0.05, 0.1) is 6.10 Å². The number of aliphatic hydroxyl groups excluding tert-OH is 1. The Morgan fingerprint density at radius 3 is 2.41 bits per heavy atom. The molecule has 0 amide bonds. The first-order chi connectivity index (χ1) is 8.34. The molecule has 1 N–H and O–H groups in total. The topological polar surface area (TPSA) is 23.5 Å². The Kier molecular flexibility index (Phi) is 3.72. The van der Waals surface area contributed by atoms with Gasteiger partial charge in [-0.1, -0.05) is 12.8 Å². The number of nitrogens with zero attached hydrogens (tertiary/aromatic N) is 1. The van der Waals surface area contributed by atoms with Gasteiger partial charge in [-0.05, 0) is 63.8 Å². The van der Waals surface area contributed by atoms with Crippen molar-refractivity contribution >= 4 is 0 Å². The molecule has 3 unspecified atom stereocenters. The van der Waals surface area contributed by atoms with Gasteiger partial charge in [-0.2, -0.15) is 0 Å². The number of hydrogen-bond donors (Lipinski definition) is 1. The van der Waals surface area contributed by atoms with E-state index in [9.17, 15) is 5.11 Å². The molecule has 0 radical (unpaired) electrons. The van der Waals surface area contributed by atoms with Gasteiger partial charge in [-0.3, -0.25) is 4.90 Å². The molecular weight excluding hydrogens is 210 g/mol. The molecule has 0 spiro atoms. The Morgan fingerprint density at radius 2 is 1.65 bits per heavy atom. The van der Waals surface area contributed by atoms with Crippen LogP contribution in [0.15, 0.2) is 0 Å². The summed E-state index contributed by atoms with van der Waals surface area (Å²) in [6.07, 6.45) is 13.3. The zero-order valence-corrected chi connectivity index (χ0v) is 11.0. The highest BCUT2D eigenvalue weighted by atomic mass is 16.3. The van der Waals surface area contributed by atoms with Crippen LogP contribution in [0.2, 0.25) is 0 Å². The van der Waals surface area contributed by atoms with E-state index in [1.165, 1.54) is 57.9 Å². The molecular formula is C15H27NO. The van der Waals surface area contributed by atoms with Crippen LogP contribution in [0.3, 0.4) is 0 Å². The van der Waals surface area contributed by atoms with E-state index >= 15 is 0 Å². The molecule has 3 aliphatic rings. The zero-order valence-electron chi connectivity index (χ0n) is 11.0. The Morgan fingerprint density at radius 1 is 0.824 bits per heavy atom. The summed E-state index contributed by atoms with van der Waals surface area (Å²) in [6.45, 7) is 1.30. The van der Waals surface area contributed by atoms with Gasteiger partial charge in [0.15, 0.2) is 0 Å². The molecule has 0 aromatic heterocycles. The fourth-order valence-corrected chi connectivity index (χ4v) is 4.56. The molecule has 98 valence electrons. The maximum atomic E-state index is 9.86. The molecule has 1 saturated heterocycles. The zero-order chi connectivity index (χ0) is 11.7. The lowest BCUT2D eigenvalue weighted by molar-refractivity contribution is 0.0437. The van der Waals surface area contributed by atoms with Crippen molar-refractivity contribution in [3.05, 3.63) is 0 Å². The van der Waals surface area contributed by atoms with E-state index in [0.29, 0.717) is 6.04 Å². The van der Waals surface area contributed by atoms with Gasteiger partial charge in [0.25, 0.3) is 0 Å². The monoisotopic (exact) mass is 237 g/mol. The van der Waals surface area contributed by atoms with Crippen molar-refractivity contribution in [1.29, 1.82) is 0 Å². The molecule has 2 saturated carbocycles. The average Bonchev–Trinajstić information content (AvgIpc) is 3.00. The fourth-order valence-electron chi connectivity index (χ4n) is 4.56. The molecule has 0 bridgehead atoms. The third-order valence-electron chi connectivity index (χ3n) is 5.37. The van der Waals surface area contributed by atoms with Crippen LogP contribution < -0.4 is 0 Å². The summed E-state index contributed by atoms with van der Waals surface area (Å²) in [4.78, 5) is 2.79. The van der Waals surface area contributed by atoms with Gasteiger partial charge < -0.3 is 5.11 Å². The summed E-state index contributed by atoms with van der Waals surface area (Å²) in [5.74, 6) is 0.983. The minimum Gasteiger partial charge on any atom is -0.393 e. The van der Waals surface area contributed by atoms with Gasteiger partial charge in [-0.25, -0.2) is 0 Å². The van der Waals surface area contributed by atoms with Gasteiger partial charge >= 0.3 is 0 Å². The second-order valence-electron chi connectivity index (χ2n) is 6.47. The highest BCUT2D eigenvalue weighted by Gasteiger charge is 2.38. The minimum absolute atomic E-state index is 0.0152. The molecule has 1 heterocycles. The van der Waals surface area contributed by atoms with E-state index in [-0.39, 0.29) is 6.10 Å². The fraction of sp³-hybridized carbons (Fsp3) is 1.00.